The number of aromatic carboxylic acids is 1. The fourth-order valence-corrected chi connectivity index (χ4v) is 3.18. The fourth-order valence-electron chi connectivity index (χ4n) is 1.64. The van der Waals surface area contributed by atoms with Gasteiger partial charge in [0.2, 0.25) is 10.0 Å². The van der Waals surface area contributed by atoms with Gasteiger partial charge in [-0.05, 0) is 18.2 Å². The Hall–Kier alpha value is -2.12. The third kappa shape index (κ3) is 3.25. The molecule has 0 aliphatic carbocycles. The van der Waals surface area contributed by atoms with Gasteiger partial charge >= 0.3 is 5.97 Å². The topological polar surface area (TPSA) is 101 Å². The normalized spacial score (nSPS) is 11.2. The molecule has 0 aliphatic rings. The summed E-state index contributed by atoms with van der Waals surface area (Å²) in [5.74, 6) is -1.35. The Morgan fingerprint density at radius 3 is 2.30 bits per heavy atom. The van der Waals surface area contributed by atoms with Crippen LogP contribution >= 0.6 is 0 Å². The predicted molar refractivity (Wildman–Crippen MR) is 77.0 cm³/mol. The summed E-state index contributed by atoms with van der Waals surface area (Å²) in [6.07, 6.45) is 2.83. The number of hydrogen-bond donors (Lipinski definition) is 2. The van der Waals surface area contributed by atoms with E-state index >= 15 is 0 Å². The Labute approximate surface area is 117 Å². The van der Waals surface area contributed by atoms with Crippen molar-refractivity contribution in [2.75, 3.05) is 18.8 Å². The number of hydrogen-bond acceptors (Lipinski definition) is 4. The van der Waals surface area contributed by atoms with Crippen LogP contribution in [0.15, 0.2) is 48.4 Å². The second-order valence-corrected chi connectivity index (χ2v) is 5.87. The summed E-state index contributed by atoms with van der Waals surface area (Å²) in [5, 5.41) is 9.12. The number of carboxylic acids is 1. The zero-order chi connectivity index (χ0) is 15.3. The van der Waals surface area contributed by atoms with Gasteiger partial charge in [0, 0.05) is 18.8 Å². The van der Waals surface area contributed by atoms with Crippen LogP contribution < -0.4 is 5.73 Å². The molecule has 20 heavy (non-hydrogen) atoms. The second kappa shape index (κ2) is 6.36. The number of carboxylic acid groups (broad SMARTS) is 1. The largest absolute Gasteiger partial charge is 0.478 e. The van der Waals surface area contributed by atoms with Crippen molar-refractivity contribution in [2.45, 2.75) is 4.90 Å². The molecule has 108 valence electrons. The second-order valence-electron chi connectivity index (χ2n) is 3.96. The van der Waals surface area contributed by atoms with Crippen LogP contribution in [-0.4, -0.2) is 36.9 Å². The van der Waals surface area contributed by atoms with Crippen LogP contribution in [-0.2, 0) is 10.0 Å². The van der Waals surface area contributed by atoms with E-state index in [9.17, 15) is 13.2 Å². The molecule has 0 aliphatic heterocycles. The van der Waals surface area contributed by atoms with Crippen molar-refractivity contribution < 1.29 is 18.3 Å². The van der Waals surface area contributed by atoms with Crippen LogP contribution in [0.4, 0.5) is 5.69 Å². The maximum Gasteiger partial charge on any atom is 0.337 e. The summed E-state index contributed by atoms with van der Waals surface area (Å²) in [6, 6.07) is 3.65. The highest BCUT2D eigenvalue weighted by Crippen LogP contribution is 2.22. The molecule has 1 aromatic carbocycles. The quantitative estimate of drug-likeness (QED) is 0.584. The summed E-state index contributed by atoms with van der Waals surface area (Å²) in [5.41, 5.74) is 5.32. The first-order chi connectivity index (χ1) is 9.34. The smallest absolute Gasteiger partial charge is 0.337 e. The fraction of sp³-hybridized carbons (Fsp3) is 0.154. The van der Waals surface area contributed by atoms with Crippen LogP contribution in [0.1, 0.15) is 10.4 Å². The predicted octanol–water partition coefficient (Wildman–Crippen LogP) is 1.33. The van der Waals surface area contributed by atoms with E-state index in [0.29, 0.717) is 0 Å². The number of nitrogens with two attached hydrogens (primary N) is 1. The Morgan fingerprint density at radius 1 is 1.30 bits per heavy atom. The lowest BCUT2D eigenvalue weighted by Crippen LogP contribution is -2.32. The van der Waals surface area contributed by atoms with Gasteiger partial charge < -0.3 is 10.8 Å². The molecule has 3 N–H and O–H groups in total. The molecular formula is C13H16N2O4S. The van der Waals surface area contributed by atoms with E-state index in [1.807, 2.05) is 0 Å². The Balaban J connectivity index is 3.43. The maximum absolute atomic E-state index is 12.5. The first-order valence-corrected chi connectivity index (χ1v) is 7.13. The van der Waals surface area contributed by atoms with Gasteiger partial charge in [0.1, 0.15) is 0 Å². The van der Waals surface area contributed by atoms with Crippen molar-refractivity contribution >= 4 is 21.7 Å². The van der Waals surface area contributed by atoms with Gasteiger partial charge in [0.15, 0.2) is 0 Å². The molecule has 0 unspecified atom stereocenters. The van der Waals surface area contributed by atoms with E-state index in [1.54, 1.807) is 0 Å². The molecule has 1 aromatic rings. The Kier molecular flexibility index (Phi) is 5.06. The van der Waals surface area contributed by atoms with Crippen molar-refractivity contribution in [2.24, 2.45) is 0 Å². The molecular weight excluding hydrogens is 280 g/mol. The van der Waals surface area contributed by atoms with E-state index in [0.717, 1.165) is 10.4 Å². The van der Waals surface area contributed by atoms with Crippen molar-refractivity contribution in [1.29, 1.82) is 0 Å². The number of nitrogens with zero attached hydrogens (tertiary/aromatic N) is 1. The number of nitrogen functional groups attached to an aromatic ring is 1. The molecule has 7 heteroatoms. The Morgan fingerprint density at radius 2 is 1.85 bits per heavy atom. The monoisotopic (exact) mass is 296 g/mol. The van der Waals surface area contributed by atoms with Gasteiger partial charge in [-0.25, -0.2) is 13.2 Å². The highest BCUT2D eigenvalue weighted by atomic mass is 32.2. The summed E-state index contributed by atoms with van der Waals surface area (Å²) >= 11 is 0. The number of benzene rings is 1. The summed E-state index contributed by atoms with van der Waals surface area (Å²) < 4.78 is 26.0. The van der Waals surface area contributed by atoms with Crippen molar-refractivity contribution in [3.8, 4) is 0 Å². The van der Waals surface area contributed by atoms with Gasteiger partial charge in [-0.1, -0.05) is 12.2 Å². The first-order valence-electron chi connectivity index (χ1n) is 5.69. The van der Waals surface area contributed by atoms with Crippen molar-refractivity contribution in [1.82, 2.24) is 4.31 Å². The van der Waals surface area contributed by atoms with E-state index in [1.165, 1.54) is 24.3 Å². The molecule has 0 fully saturated rings. The summed E-state index contributed by atoms with van der Waals surface area (Å²) in [7, 11) is -3.96. The molecule has 0 heterocycles. The molecule has 0 saturated heterocycles. The van der Waals surface area contributed by atoms with Crippen molar-refractivity contribution in [3.05, 3.63) is 49.1 Å². The lowest BCUT2D eigenvalue weighted by atomic mass is 10.2. The standard InChI is InChI=1S/C13H16N2O4S/c1-3-7-15(8-4-2)20(18,19)12-6-5-10(14)9-11(12)13(16)17/h3-6,9H,1-2,7-8,14H2,(H,16,17). The van der Waals surface area contributed by atoms with Crippen molar-refractivity contribution in [3.63, 3.8) is 0 Å². The van der Waals surface area contributed by atoms with Crippen LogP contribution in [0.3, 0.4) is 0 Å². The molecule has 0 aromatic heterocycles. The molecule has 6 nitrogen and oxygen atoms in total. The van der Waals surface area contributed by atoms with E-state index in [2.05, 4.69) is 13.2 Å². The van der Waals surface area contributed by atoms with E-state index < -0.39 is 16.0 Å². The summed E-state index contributed by atoms with van der Waals surface area (Å²) in [4.78, 5) is 10.9. The SMILES string of the molecule is C=CCN(CC=C)S(=O)(=O)c1ccc(N)cc1C(=O)O. The molecule has 0 amide bonds. The van der Waals surface area contributed by atoms with Crippen LogP contribution in [0.2, 0.25) is 0 Å². The van der Waals surface area contributed by atoms with Gasteiger partial charge in [0.25, 0.3) is 0 Å². The van der Waals surface area contributed by atoms with E-state index in [4.69, 9.17) is 10.8 Å². The van der Waals surface area contributed by atoms with Gasteiger partial charge in [-0.3, -0.25) is 0 Å². The van der Waals surface area contributed by atoms with E-state index in [-0.39, 0.29) is 29.2 Å². The molecule has 0 saturated carbocycles. The first kappa shape index (κ1) is 15.9. The highest BCUT2D eigenvalue weighted by molar-refractivity contribution is 7.89. The van der Waals surface area contributed by atoms with Crippen LogP contribution in [0.25, 0.3) is 0 Å². The number of anilines is 1. The highest BCUT2D eigenvalue weighted by Gasteiger charge is 2.27. The average Bonchev–Trinajstić information content (AvgIpc) is 2.38. The molecule has 1 rings (SSSR count). The lowest BCUT2D eigenvalue weighted by molar-refractivity contribution is 0.0692. The molecule has 0 radical (unpaired) electrons. The zero-order valence-corrected chi connectivity index (χ0v) is 11.6. The minimum atomic E-state index is -3.96. The van der Waals surface area contributed by atoms with Gasteiger partial charge in [-0.2, -0.15) is 4.31 Å². The lowest BCUT2D eigenvalue weighted by Gasteiger charge is -2.20. The third-order valence-electron chi connectivity index (χ3n) is 2.52. The maximum atomic E-state index is 12.5. The minimum Gasteiger partial charge on any atom is -0.478 e. The zero-order valence-electron chi connectivity index (χ0n) is 10.8. The minimum absolute atomic E-state index is 0.0534. The molecule has 0 atom stereocenters. The van der Waals surface area contributed by atoms with Crippen LogP contribution in [0.5, 0.6) is 0 Å². The number of carbonyl (C=O) groups is 1. The number of rotatable bonds is 7. The molecule has 0 spiro atoms. The number of sulfonamides is 1. The third-order valence-corrected chi connectivity index (χ3v) is 4.41. The van der Waals surface area contributed by atoms with Gasteiger partial charge in [-0.15, -0.1) is 13.2 Å². The van der Waals surface area contributed by atoms with Crippen LogP contribution in [0, 0.1) is 0 Å². The van der Waals surface area contributed by atoms with Gasteiger partial charge in [0.05, 0.1) is 10.5 Å². The summed E-state index contributed by atoms with van der Waals surface area (Å²) in [6.45, 7) is 7.08. The Bertz CT molecular complexity index is 628. The average molecular weight is 296 g/mol. The molecule has 0 bridgehead atoms.